The molecule has 0 bridgehead atoms. The largest absolute Gasteiger partial charge is 0.350 e. The molecule has 1 aromatic rings. The molecule has 0 saturated heterocycles. The second kappa shape index (κ2) is 6.93. The topological polar surface area (TPSA) is 74.2 Å². The summed E-state index contributed by atoms with van der Waals surface area (Å²) in [6, 6.07) is 3.40. The number of amides is 1. The zero-order valence-corrected chi connectivity index (χ0v) is 10.3. The van der Waals surface area contributed by atoms with E-state index in [1.807, 2.05) is 12.4 Å². The van der Waals surface area contributed by atoms with Crippen LogP contribution in [0.2, 0.25) is 0 Å². The summed E-state index contributed by atoms with van der Waals surface area (Å²) in [5, 5.41) is 11.3. The molecular weight excluding hydrogens is 238 g/mol. The predicted molar refractivity (Wildman–Crippen MR) is 67.9 cm³/mol. The fourth-order valence-electron chi connectivity index (χ4n) is 1.28. The van der Waals surface area contributed by atoms with Gasteiger partial charge in [0.15, 0.2) is 0 Å². The van der Waals surface area contributed by atoms with Crippen LogP contribution in [0.3, 0.4) is 0 Å². The summed E-state index contributed by atoms with van der Waals surface area (Å²) in [5.74, 6) is -0.159. The Balaban J connectivity index is 2.39. The highest BCUT2D eigenvalue weighted by atomic mass is 32.1. The van der Waals surface area contributed by atoms with Gasteiger partial charge in [0.05, 0.1) is 5.56 Å². The molecule has 1 aromatic heterocycles. The van der Waals surface area contributed by atoms with Crippen LogP contribution in [0.4, 0.5) is 0 Å². The van der Waals surface area contributed by atoms with Gasteiger partial charge in [0, 0.05) is 24.9 Å². The molecule has 5 nitrogen and oxygen atoms in total. The number of thiocarbonyl (C=S) groups is 1. The van der Waals surface area contributed by atoms with Gasteiger partial charge in [0.25, 0.3) is 5.91 Å². The summed E-state index contributed by atoms with van der Waals surface area (Å²) >= 11 is 4.80. The minimum absolute atomic E-state index is 0.0194. The summed E-state index contributed by atoms with van der Waals surface area (Å²) in [6.45, 7) is 1.88. The highest BCUT2D eigenvalue weighted by Crippen LogP contribution is 2.01. The second-order valence-corrected chi connectivity index (χ2v) is 4.18. The van der Waals surface area contributed by atoms with Gasteiger partial charge in [-0.3, -0.25) is 20.5 Å². The number of hydroxylamine groups is 1. The Hall–Kier alpha value is -1.53. The van der Waals surface area contributed by atoms with Crippen LogP contribution in [0.25, 0.3) is 0 Å². The highest BCUT2D eigenvalue weighted by molar-refractivity contribution is 7.80. The van der Waals surface area contributed by atoms with Crippen molar-refractivity contribution in [3.63, 3.8) is 0 Å². The molecule has 0 aliphatic rings. The number of nitrogens with one attached hydrogen (secondary N) is 2. The van der Waals surface area contributed by atoms with Crippen molar-refractivity contribution in [1.82, 2.24) is 15.8 Å². The molecular formula is C11H15N3O2S. The normalized spacial score (nSPS) is 11.6. The predicted octanol–water partition coefficient (Wildman–Crippen LogP) is 1.29. The Kier molecular flexibility index (Phi) is 5.51. The van der Waals surface area contributed by atoms with E-state index in [1.54, 1.807) is 18.3 Å². The Morgan fingerprint density at radius 2 is 2.41 bits per heavy atom. The average Bonchev–Trinajstić information content (AvgIpc) is 2.36. The van der Waals surface area contributed by atoms with Gasteiger partial charge in [-0.2, -0.15) is 0 Å². The summed E-state index contributed by atoms with van der Waals surface area (Å²) in [4.78, 5) is 16.0. The molecule has 17 heavy (non-hydrogen) atoms. The Bertz CT molecular complexity index is 384. The standard InChI is InChI=1S/C11H15N3O2S/c1-8(4-5-10(17)14-16)13-11(15)9-3-2-6-12-7-9/h2-3,6-8,16H,4-5H2,1H3,(H,13,15)(H,14,17). The van der Waals surface area contributed by atoms with Gasteiger partial charge >= 0.3 is 0 Å². The van der Waals surface area contributed by atoms with E-state index in [2.05, 4.69) is 10.3 Å². The number of nitrogens with zero attached hydrogens (tertiary/aromatic N) is 1. The van der Waals surface area contributed by atoms with E-state index in [1.165, 1.54) is 6.20 Å². The third-order valence-corrected chi connectivity index (χ3v) is 2.53. The smallest absolute Gasteiger partial charge is 0.253 e. The van der Waals surface area contributed by atoms with Crippen LogP contribution in [0.1, 0.15) is 30.1 Å². The minimum Gasteiger partial charge on any atom is -0.350 e. The summed E-state index contributed by atoms with van der Waals surface area (Å²) in [7, 11) is 0. The first-order valence-corrected chi connectivity index (χ1v) is 5.68. The zero-order chi connectivity index (χ0) is 12.7. The van der Waals surface area contributed by atoms with E-state index in [-0.39, 0.29) is 11.9 Å². The van der Waals surface area contributed by atoms with Crippen LogP contribution >= 0.6 is 12.2 Å². The van der Waals surface area contributed by atoms with Gasteiger partial charge in [-0.05, 0) is 25.5 Å². The van der Waals surface area contributed by atoms with E-state index >= 15 is 0 Å². The van der Waals surface area contributed by atoms with E-state index in [9.17, 15) is 4.79 Å². The lowest BCUT2D eigenvalue weighted by molar-refractivity contribution is 0.0938. The SMILES string of the molecule is CC(CCC(=S)NO)NC(=O)c1cccnc1. The van der Waals surface area contributed by atoms with Crippen molar-refractivity contribution in [3.05, 3.63) is 30.1 Å². The maximum atomic E-state index is 11.7. The molecule has 0 fully saturated rings. The maximum absolute atomic E-state index is 11.7. The van der Waals surface area contributed by atoms with Crippen molar-refractivity contribution in [2.45, 2.75) is 25.8 Å². The van der Waals surface area contributed by atoms with E-state index < -0.39 is 0 Å². The molecule has 0 aromatic carbocycles. The number of pyridine rings is 1. The van der Waals surface area contributed by atoms with Crippen molar-refractivity contribution < 1.29 is 10.0 Å². The summed E-state index contributed by atoms with van der Waals surface area (Å²) in [6.07, 6.45) is 4.33. The van der Waals surface area contributed by atoms with Crippen LogP contribution in [-0.4, -0.2) is 27.1 Å². The molecule has 0 radical (unpaired) electrons. The molecule has 92 valence electrons. The van der Waals surface area contributed by atoms with Crippen LogP contribution in [0.15, 0.2) is 24.5 Å². The third-order valence-electron chi connectivity index (χ3n) is 2.23. The third kappa shape index (κ3) is 4.88. The zero-order valence-electron chi connectivity index (χ0n) is 9.51. The van der Waals surface area contributed by atoms with Gasteiger partial charge in [-0.25, -0.2) is 0 Å². The number of aromatic nitrogens is 1. The van der Waals surface area contributed by atoms with E-state index in [0.717, 1.165) is 0 Å². The lowest BCUT2D eigenvalue weighted by Crippen LogP contribution is -2.33. The number of hydrogen-bond acceptors (Lipinski definition) is 4. The van der Waals surface area contributed by atoms with Gasteiger partial charge < -0.3 is 5.32 Å². The van der Waals surface area contributed by atoms with Crippen LogP contribution < -0.4 is 10.8 Å². The number of hydrogen-bond donors (Lipinski definition) is 3. The first-order chi connectivity index (χ1) is 8.13. The maximum Gasteiger partial charge on any atom is 0.253 e. The molecule has 1 amide bonds. The molecule has 1 rings (SSSR count). The van der Waals surface area contributed by atoms with Crippen molar-refractivity contribution >= 4 is 23.1 Å². The van der Waals surface area contributed by atoms with Crippen molar-refractivity contribution in [1.29, 1.82) is 0 Å². The van der Waals surface area contributed by atoms with Crippen LogP contribution in [-0.2, 0) is 0 Å². The highest BCUT2D eigenvalue weighted by Gasteiger charge is 2.09. The number of carbonyl (C=O) groups is 1. The summed E-state index contributed by atoms with van der Waals surface area (Å²) < 4.78 is 0. The summed E-state index contributed by atoms with van der Waals surface area (Å²) in [5.41, 5.74) is 2.44. The van der Waals surface area contributed by atoms with Crippen molar-refractivity contribution in [2.24, 2.45) is 0 Å². The van der Waals surface area contributed by atoms with Gasteiger partial charge in [-0.15, -0.1) is 0 Å². The molecule has 0 aliphatic carbocycles. The second-order valence-electron chi connectivity index (χ2n) is 3.69. The Morgan fingerprint density at radius 1 is 1.65 bits per heavy atom. The Morgan fingerprint density at radius 3 is 3.00 bits per heavy atom. The number of carbonyl (C=O) groups excluding carboxylic acids is 1. The van der Waals surface area contributed by atoms with Gasteiger partial charge in [0.2, 0.25) is 0 Å². The quantitative estimate of drug-likeness (QED) is 0.544. The van der Waals surface area contributed by atoms with Gasteiger partial charge in [-0.1, -0.05) is 12.2 Å². The molecule has 1 heterocycles. The lowest BCUT2D eigenvalue weighted by Gasteiger charge is -2.13. The Labute approximate surface area is 105 Å². The van der Waals surface area contributed by atoms with Crippen molar-refractivity contribution in [2.75, 3.05) is 0 Å². The average molecular weight is 253 g/mol. The fraction of sp³-hybridized carbons (Fsp3) is 0.364. The molecule has 1 atom stereocenters. The molecule has 3 N–H and O–H groups in total. The lowest BCUT2D eigenvalue weighted by atomic mass is 10.1. The number of rotatable bonds is 5. The molecule has 0 aliphatic heterocycles. The molecule has 6 heteroatoms. The fourth-order valence-corrected chi connectivity index (χ4v) is 1.40. The molecule has 0 spiro atoms. The van der Waals surface area contributed by atoms with Crippen molar-refractivity contribution in [3.8, 4) is 0 Å². The van der Waals surface area contributed by atoms with Gasteiger partial charge in [0.1, 0.15) is 4.99 Å². The molecule has 1 unspecified atom stereocenters. The van der Waals surface area contributed by atoms with E-state index in [4.69, 9.17) is 17.4 Å². The molecule has 0 saturated carbocycles. The first kappa shape index (κ1) is 13.5. The minimum atomic E-state index is -0.159. The first-order valence-electron chi connectivity index (χ1n) is 5.27. The van der Waals surface area contributed by atoms with Crippen LogP contribution in [0, 0.1) is 0 Å². The van der Waals surface area contributed by atoms with E-state index in [0.29, 0.717) is 23.4 Å². The van der Waals surface area contributed by atoms with Crippen LogP contribution in [0.5, 0.6) is 0 Å². The monoisotopic (exact) mass is 253 g/mol.